The molecule has 0 aliphatic carbocycles. The Morgan fingerprint density at radius 3 is 3.03 bits per heavy atom. The van der Waals surface area contributed by atoms with E-state index in [1.165, 1.54) is 5.69 Å². The topological polar surface area (TPSA) is 91.2 Å². The lowest BCUT2D eigenvalue weighted by Crippen LogP contribution is -2.42. The zero-order chi connectivity index (χ0) is 20.2. The van der Waals surface area contributed by atoms with Gasteiger partial charge in [0.15, 0.2) is 0 Å². The molecule has 1 fully saturated rings. The van der Waals surface area contributed by atoms with Gasteiger partial charge in [0.25, 0.3) is 0 Å². The van der Waals surface area contributed by atoms with Gasteiger partial charge in [-0.05, 0) is 46.1 Å². The fourth-order valence-corrected chi connectivity index (χ4v) is 5.19. The number of likely N-dealkylation sites (tertiary alicyclic amines) is 1. The molecule has 3 aliphatic heterocycles. The second kappa shape index (κ2) is 6.43. The molecule has 29 heavy (non-hydrogen) atoms. The first kappa shape index (κ1) is 18.4. The number of urea groups is 1. The van der Waals surface area contributed by atoms with Crippen molar-refractivity contribution in [2.24, 2.45) is 4.99 Å². The van der Waals surface area contributed by atoms with Crippen LogP contribution in [0.15, 0.2) is 11.1 Å². The van der Waals surface area contributed by atoms with E-state index in [1.807, 2.05) is 18.7 Å². The highest BCUT2D eigenvalue weighted by molar-refractivity contribution is 5.74. The van der Waals surface area contributed by atoms with E-state index in [9.17, 15) is 4.79 Å². The number of aromatic nitrogens is 4. The third-order valence-corrected chi connectivity index (χ3v) is 6.91. The Labute approximate surface area is 170 Å². The molecule has 0 radical (unpaired) electrons. The van der Waals surface area contributed by atoms with Gasteiger partial charge in [-0.3, -0.25) is 14.8 Å². The highest BCUT2D eigenvalue weighted by atomic mass is 16.2. The van der Waals surface area contributed by atoms with E-state index in [0.717, 1.165) is 61.0 Å². The van der Waals surface area contributed by atoms with E-state index >= 15 is 0 Å². The molecular weight excluding hydrogens is 366 g/mol. The maximum atomic E-state index is 12.4. The van der Waals surface area contributed by atoms with Crippen molar-refractivity contribution in [2.75, 3.05) is 26.2 Å². The first-order valence-corrected chi connectivity index (χ1v) is 10.6. The van der Waals surface area contributed by atoms with E-state index in [-0.39, 0.29) is 16.9 Å². The Bertz CT molecular complexity index is 1080. The minimum absolute atomic E-state index is 0.0213. The number of amides is 2. The largest absolute Gasteiger partial charge is 0.338 e. The standard InChI is InChI=1S/C21H29N7O/c1-4-22-19(29)27-9-7-21(13-27)6-5-8-28-17(21)10-16(26-28)20(3)11-15-14(2)24-25-18(15)23-12-20/h10-11H,4-9,12-13H2,1-3H3,(H,22,29)(H,23,25). The van der Waals surface area contributed by atoms with Crippen LogP contribution in [0.3, 0.4) is 0 Å². The Kier molecular flexibility index (Phi) is 4.08. The zero-order valence-corrected chi connectivity index (χ0v) is 17.5. The summed E-state index contributed by atoms with van der Waals surface area (Å²) >= 11 is 0. The fourth-order valence-electron chi connectivity index (χ4n) is 5.19. The summed E-state index contributed by atoms with van der Waals surface area (Å²) in [6.07, 6.45) is 5.49. The van der Waals surface area contributed by atoms with Gasteiger partial charge in [0.1, 0.15) is 5.49 Å². The van der Waals surface area contributed by atoms with E-state index in [4.69, 9.17) is 10.1 Å². The number of nitrogens with one attached hydrogen (secondary N) is 2. The smallest absolute Gasteiger partial charge is 0.317 e. The highest BCUT2D eigenvalue weighted by Gasteiger charge is 2.46. The van der Waals surface area contributed by atoms with E-state index in [2.05, 4.69) is 39.3 Å². The van der Waals surface area contributed by atoms with Crippen molar-refractivity contribution in [3.63, 3.8) is 0 Å². The number of hydrogen-bond acceptors (Lipinski definition) is 4. The summed E-state index contributed by atoms with van der Waals surface area (Å²) in [7, 11) is 0. The van der Waals surface area contributed by atoms with Gasteiger partial charge in [0.05, 0.1) is 23.3 Å². The van der Waals surface area contributed by atoms with Gasteiger partial charge >= 0.3 is 6.03 Å². The summed E-state index contributed by atoms with van der Waals surface area (Å²) in [6, 6.07) is 2.34. The molecule has 8 nitrogen and oxygen atoms in total. The summed E-state index contributed by atoms with van der Waals surface area (Å²) < 4.78 is 2.19. The molecule has 3 aliphatic rings. The van der Waals surface area contributed by atoms with Gasteiger partial charge in [-0.1, -0.05) is 6.08 Å². The third kappa shape index (κ3) is 2.80. The molecule has 0 saturated carbocycles. The van der Waals surface area contributed by atoms with Crippen LogP contribution in [0.5, 0.6) is 0 Å². The SMILES string of the molecule is CCNC(=O)N1CCC2(CCCn3nc(C4(C)C=c5c(C)n[nH]c5=NC4)cc32)C1. The van der Waals surface area contributed by atoms with Gasteiger partial charge in [-0.25, -0.2) is 4.79 Å². The molecule has 2 aromatic heterocycles. The molecule has 2 N–H and O–H groups in total. The van der Waals surface area contributed by atoms with E-state index < -0.39 is 0 Å². The third-order valence-electron chi connectivity index (χ3n) is 6.91. The summed E-state index contributed by atoms with van der Waals surface area (Å²) in [5, 5.41) is 16.4. The lowest BCUT2D eigenvalue weighted by Gasteiger charge is -2.34. The van der Waals surface area contributed by atoms with E-state index in [0.29, 0.717) is 13.1 Å². The van der Waals surface area contributed by atoms with Crippen LogP contribution in [0.2, 0.25) is 0 Å². The van der Waals surface area contributed by atoms with Gasteiger partial charge in [-0.15, -0.1) is 0 Å². The Hall–Kier alpha value is -2.64. The van der Waals surface area contributed by atoms with Crippen LogP contribution in [0.1, 0.15) is 50.2 Å². The Morgan fingerprint density at radius 2 is 2.21 bits per heavy atom. The van der Waals surface area contributed by atoms with Crippen molar-refractivity contribution >= 4 is 12.1 Å². The van der Waals surface area contributed by atoms with E-state index in [1.54, 1.807) is 0 Å². The first-order chi connectivity index (χ1) is 13.9. The van der Waals surface area contributed by atoms with Crippen LogP contribution in [0.4, 0.5) is 4.79 Å². The number of aryl methyl sites for hydroxylation is 2. The summed E-state index contributed by atoms with van der Waals surface area (Å²) in [5.74, 6) is 0. The molecule has 1 saturated heterocycles. The molecule has 8 heteroatoms. The fraction of sp³-hybridized carbons (Fsp3) is 0.619. The number of rotatable bonds is 2. The summed E-state index contributed by atoms with van der Waals surface area (Å²) in [5.41, 5.74) is 3.98. The van der Waals surface area contributed by atoms with Crippen molar-refractivity contribution in [3.8, 4) is 0 Å². The van der Waals surface area contributed by atoms with Crippen LogP contribution in [0.25, 0.3) is 6.08 Å². The number of fused-ring (bicyclic) bond motifs is 3. The average Bonchev–Trinajstić information content (AvgIpc) is 3.41. The molecule has 5 heterocycles. The highest BCUT2D eigenvalue weighted by Crippen LogP contribution is 2.43. The first-order valence-electron chi connectivity index (χ1n) is 10.6. The van der Waals surface area contributed by atoms with Gasteiger partial charge in [0.2, 0.25) is 0 Å². The molecular formula is C21H29N7O. The van der Waals surface area contributed by atoms with Crippen molar-refractivity contribution < 1.29 is 4.79 Å². The molecule has 1 spiro atoms. The Balaban J connectivity index is 1.50. The normalized spacial score (nSPS) is 27.9. The number of H-pyrrole nitrogens is 1. The molecule has 5 rings (SSSR count). The van der Waals surface area contributed by atoms with Crippen molar-refractivity contribution in [1.82, 2.24) is 30.2 Å². The van der Waals surface area contributed by atoms with Crippen LogP contribution in [0, 0.1) is 6.92 Å². The van der Waals surface area contributed by atoms with Crippen molar-refractivity contribution in [1.29, 1.82) is 0 Å². The summed E-state index contributed by atoms with van der Waals surface area (Å²) in [4.78, 5) is 19.1. The van der Waals surface area contributed by atoms with Crippen molar-refractivity contribution in [2.45, 2.75) is 57.4 Å². The van der Waals surface area contributed by atoms with Crippen LogP contribution in [-0.4, -0.2) is 57.1 Å². The predicted molar refractivity (Wildman–Crippen MR) is 109 cm³/mol. The quantitative estimate of drug-likeness (QED) is 0.786. The maximum absolute atomic E-state index is 12.4. The number of aromatic amines is 1. The lowest BCUT2D eigenvalue weighted by atomic mass is 9.76. The molecule has 2 amide bonds. The Morgan fingerprint density at radius 1 is 1.34 bits per heavy atom. The van der Waals surface area contributed by atoms with Gasteiger partial charge in [-0.2, -0.15) is 10.2 Å². The molecule has 2 atom stereocenters. The molecule has 2 aromatic rings. The molecule has 2 unspecified atom stereocenters. The minimum Gasteiger partial charge on any atom is -0.338 e. The molecule has 0 bridgehead atoms. The van der Waals surface area contributed by atoms with Gasteiger partial charge in [0, 0.05) is 42.5 Å². The molecule has 0 aromatic carbocycles. The second-order valence-corrected chi connectivity index (χ2v) is 8.98. The predicted octanol–water partition coefficient (Wildman–Crippen LogP) is 0.753. The van der Waals surface area contributed by atoms with Crippen LogP contribution < -0.4 is 16.0 Å². The number of carbonyl (C=O) groups excluding carboxylic acids is 1. The number of nitrogens with zero attached hydrogens (tertiary/aromatic N) is 5. The summed E-state index contributed by atoms with van der Waals surface area (Å²) in [6.45, 7) is 10.0. The van der Waals surface area contributed by atoms with Crippen LogP contribution >= 0.6 is 0 Å². The second-order valence-electron chi connectivity index (χ2n) is 8.98. The van der Waals surface area contributed by atoms with Crippen molar-refractivity contribution in [3.05, 3.63) is 33.9 Å². The molecule has 154 valence electrons. The van der Waals surface area contributed by atoms with Crippen LogP contribution in [-0.2, 0) is 17.4 Å². The van der Waals surface area contributed by atoms with Gasteiger partial charge < -0.3 is 10.2 Å². The maximum Gasteiger partial charge on any atom is 0.317 e. The minimum atomic E-state index is -0.245. The number of hydrogen-bond donors (Lipinski definition) is 2. The monoisotopic (exact) mass is 395 g/mol. The lowest BCUT2D eigenvalue weighted by molar-refractivity contribution is 0.203. The average molecular weight is 396 g/mol. The number of carbonyl (C=O) groups is 1. The zero-order valence-electron chi connectivity index (χ0n) is 17.5.